The summed E-state index contributed by atoms with van der Waals surface area (Å²) in [5.41, 5.74) is 2.62. The second-order valence-electron chi connectivity index (χ2n) is 4.53. The molecule has 17 heavy (non-hydrogen) atoms. The molecule has 3 rings (SSSR count). The number of rotatable bonds is 1. The molecule has 0 atom stereocenters. The molecule has 0 bridgehead atoms. The number of thiophene rings is 1. The Labute approximate surface area is 106 Å². The van der Waals surface area contributed by atoms with E-state index in [4.69, 9.17) is 0 Å². The Kier molecular flexibility index (Phi) is 2.37. The molecule has 2 nitrogen and oxygen atoms in total. The van der Waals surface area contributed by atoms with Gasteiger partial charge in [-0.25, -0.2) is 0 Å². The monoisotopic (exact) mass is 244 g/mol. The van der Waals surface area contributed by atoms with Crippen molar-refractivity contribution in [2.45, 2.75) is 13.1 Å². The highest BCUT2D eigenvalue weighted by molar-refractivity contribution is 7.12. The molecule has 0 radical (unpaired) electrons. The van der Waals surface area contributed by atoms with E-state index in [1.54, 1.807) is 0 Å². The van der Waals surface area contributed by atoms with Crippen LogP contribution in [-0.4, -0.2) is 14.1 Å². The van der Waals surface area contributed by atoms with Crippen LogP contribution in [0.25, 0.3) is 0 Å². The number of hydrogen-bond acceptors (Lipinski definition) is 3. The van der Waals surface area contributed by atoms with Crippen molar-refractivity contribution in [1.29, 1.82) is 0 Å². The van der Waals surface area contributed by atoms with Crippen molar-refractivity contribution in [2.24, 2.45) is 0 Å². The highest BCUT2D eigenvalue weighted by Gasteiger charge is 2.32. The summed E-state index contributed by atoms with van der Waals surface area (Å²) < 4.78 is 0. The fourth-order valence-corrected chi connectivity index (χ4v) is 3.62. The van der Waals surface area contributed by atoms with Crippen molar-refractivity contribution < 1.29 is 0 Å². The zero-order valence-electron chi connectivity index (χ0n) is 10.3. The molecule has 0 aliphatic carbocycles. The van der Waals surface area contributed by atoms with Crippen LogP contribution >= 0.6 is 11.3 Å². The molecule has 1 aromatic heterocycles. The highest BCUT2D eigenvalue weighted by Crippen LogP contribution is 2.45. The number of benzene rings is 1. The summed E-state index contributed by atoms with van der Waals surface area (Å²) in [6.07, 6.45) is 0.339. The van der Waals surface area contributed by atoms with Crippen LogP contribution in [-0.2, 0) is 0 Å². The SMILES string of the molecule is Cc1ccc(C2N(C)c3ccccc3N2C)s1. The molecule has 0 saturated heterocycles. The quantitative estimate of drug-likeness (QED) is 0.755. The predicted octanol–water partition coefficient (Wildman–Crippen LogP) is 3.64. The fraction of sp³-hybridized carbons (Fsp3) is 0.286. The lowest BCUT2D eigenvalue weighted by Crippen LogP contribution is -2.29. The summed E-state index contributed by atoms with van der Waals surface area (Å²) in [4.78, 5) is 7.47. The van der Waals surface area contributed by atoms with Gasteiger partial charge in [-0.15, -0.1) is 11.3 Å². The molecule has 0 N–H and O–H groups in total. The number of anilines is 2. The Morgan fingerprint density at radius 1 is 0.941 bits per heavy atom. The molecule has 1 aliphatic rings. The van der Waals surface area contributed by atoms with Crippen LogP contribution in [0.4, 0.5) is 11.4 Å². The third-order valence-electron chi connectivity index (χ3n) is 3.39. The van der Waals surface area contributed by atoms with E-state index in [1.165, 1.54) is 21.1 Å². The minimum atomic E-state index is 0.339. The van der Waals surface area contributed by atoms with Crippen LogP contribution in [0.2, 0.25) is 0 Å². The van der Waals surface area contributed by atoms with E-state index in [2.05, 4.69) is 67.2 Å². The number of para-hydroxylation sites is 2. The number of aryl methyl sites for hydroxylation is 1. The van der Waals surface area contributed by atoms with Gasteiger partial charge in [0, 0.05) is 23.8 Å². The molecule has 2 aromatic rings. The lowest BCUT2D eigenvalue weighted by atomic mass is 10.3. The third kappa shape index (κ3) is 1.53. The molecule has 0 unspecified atom stereocenters. The van der Waals surface area contributed by atoms with Crippen LogP contribution in [0.15, 0.2) is 36.4 Å². The summed E-state index contributed by atoms with van der Waals surface area (Å²) in [5, 5.41) is 0. The molecule has 1 aromatic carbocycles. The molecule has 0 saturated carbocycles. The molecule has 0 spiro atoms. The first-order valence-corrected chi connectivity index (χ1v) is 6.61. The first-order valence-electron chi connectivity index (χ1n) is 5.79. The summed E-state index contributed by atoms with van der Waals surface area (Å²) in [6.45, 7) is 2.16. The van der Waals surface area contributed by atoms with Gasteiger partial charge in [-0.2, -0.15) is 0 Å². The van der Waals surface area contributed by atoms with Gasteiger partial charge < -0.3 is 9.80 Å². The lowest BCUT2D eigenvalue weighted by Gasteiger charge is -2.26. The van der Waals surface area contributed by atoms with Crippen molar-refractivity contribution in [3.63, 3.8) is 0 Å². The van der Waals surface area contributed by atoms with Crippen molar-refractivity contribution >= 4 is 22.7 Å². The Morgan fingerprint density at radius 2 is 1.53 bits per heavy atom. The third-order valence-corrected chi connectivity index (χ3v) is 4.43. The summed E-state index contributed by atoms with van der Waals surface area (Å²) in [5.74, 6) is 0. The van der Waals surface area contributed by atoms with Gasteiger partial charge in [-0.1, -0.05) is 12.1 Å². The minimum absolute atomic E-state index is 0.339. The van der Waals surface area contributed by atoms with Gasteiger partial charge in [0.1, 0.15) is 6.17 Å². The number of hydrogen-bond donors (Lipinski definition) is 0. The molecule has 2 heterocycles. The maximum Gasteiger partial charge on any atom is 0.137 e. The van der Waals surface area contributed by atoms with Gasteiger partial charge in [-0.05, 0) is 31.2 Å². The minimum Gasteiger partial charge on any atom is -0.348 e. The van der Waals surface area contributed by atoms with E-state index < -0.39 is 0 Å². The van der Waals surface area contributed by atoms with Crippen LogP contribution < -0.4 is 9.80 Å². The second-order valence-corrected chi connectivity index (χ2v) is 5.85. The van der Waals surface area contributed by atoms with E-state index in [0.29, 0.717) is 6.17 Å². The van der Waals surface area contributed by atoms with Gasteiger partial charge in [-0.3, -0.25) is 0 Å². The Bertz CT molecular complexity index is 518. The second kappa shape index (κ2) is 3.77. The van der Waals surface area contributed by atoms with Crippen LogP contribution in [0.1, 0.15) is 15.9 Å². The summed E-state index contributed by atoms with van der Waals surface area (Å²) in [6, 6.07) is 13.0. The Hall–Kier alpha value is -1.48. The van der Waals surface area contributed by atoms with Gasteiger partial charge >= 0.3 is 0 Å². The Morgan fingerprint density at radius 3 is 2.00 bits per heavy atom. The van der Waals surface area contributed by atoms with Gasteiger partial charge in [0.05, 0.1) is 11.4 Å². The molecule has 0 amide bonds. The molecular formula is C14H16N2S. The van der Waals surface area contributed by atoms with Crippen LogP contribution in [0.3, 0.4) is 0 Å². The van der Waals surface area contributed by atoms with Gasteiger partial charge in [0.2, 0.25) is 0 Å². The average molecular weight is 244 g/mol. The van der Waals surface area contributed by atoms with E-state index in [0.717, 1.165) is 0 Å². The van der Waals surface area contributed by atoms with Crippen molar-refractivity contribution in [3.05, 3.63) is 46.2 Å². The van der Waals surface area contributed by atoms with Crippen molar-refractivity contribution in [3.8, 4) is 0 Å². The summed E-state index contributed by atoms with van der Waals surface area (Å²) >= 11 is 1.88. The largest absolute Gasteiger partial charge is 0.348 e. The van der Waals surface area contributed by atoms with E-state index in [-0.39, 0.29) is 0 Å². The Balaban J connectivity index is 2.06. The highest BCUT2D eigenvalue weighted by atomic mass is 32.1. The number of fused-ring (bicyclic) bond motifs is 1. The molecule has 0 fully saturated rings. The standard InChI is InChI=1S/C14H16N2S/c1-10-8-9-13(17-10)14-15(2)11-6-4-5-7-12(11)16(14)3/h4-9,14H,1-3H3. The first-order chi connectivity index (χ1) is 8.18. The predicted molar refractivity (Wildman–Crippen MR) is 75.0 cm³/mol. The summed E-state index contributed by atoms with van der Waals surface area (Å²) in [7, 11) is 4.34. The average Bonchev–Trinajstić information content (AvgIpc) is 2.84. The zero-order valence-corrected chi connectivity index (χ0v) is 11.2. The van der Waals surface area contributed by atoms with Gasteiger partial charge in [0.15, 0.2) is 0 Å². The van der Waals surface area contributed by atoms with E-state index in [9.17, 15) is 0 Å². The van der Waals surface area contributed by atoms with Crippen LogP contribution in [0, 0.1) is 6.92 Å². The van der Waals surface area contributed by atoms with Crippen molar-refractivity contribution in [1.82, 2.24) is 0 Å². The zero-order chi connectivity index (χ0) is 12.0. The maximum absolute atomic E-state index is 2.35. The topological polar surface area (TPSA) is 6.48 Å². The first kappa shape index (κ1) is 10.7. The fourth-order valence-electron chi connectivity index (χ4n) is 2.56. The molecular weight excluding hydrogens is 228 g/mol. The lowest BCUT2D eigenvalue weighted by molar-refractivity contribution is 0.707. The molecule has 3 heteroatoms. The van der Waals surface area contributed by atoms with E-state index >= 15 is 0 Å². The smallest absolute Gasteiger partial charge is 0.137 e. The van der Waals surface area contributed by atoms with Crippen LogP contribution in [0.5, 0.6) is 0 Å². The molecule has 1 aliphatic heterocycles. The number of nitrogens with zero attached hydrogens (tertiary/aromatic N) is 2. The maximum atomic E-state index is 2.35. The van der Waals surface area contributed by atoms with Crippen molar-refractivity contribution in [2.75, 3.05) is 23.9 Å². The molecule has 88 valence electrons. The van der Waals surface area contributed by atoms with E-state index in [1.807, 2.05) is 11.3 Å². The normalized spacial score (nSPS) is 15.5. The van der Waals surface area contributed by atoms with Gasteiger partial charge in [0.25, 0.3) is 0 Å².